The monoisotopic (exact) mass is 524 g/mol. The van der Waals surface area contributed by atoms with Crippen LogP contribution in [0.3, 0.4) is 0 Å². The number of sulfonamides is 1. The zero-order valence-corrected chi connectivity index (χ0v) is 22.0. The van der Waals surface area contributed by atoms with Gasteiger partial charge in [-0.25, -0.2) is 8.42 Å². The Morgan fingerprint density at radius 1 is 1.19 bits per heavy atom. The van der Waals surface area contributed by atoms with Crippen LogP contribution in [0.2, 0.25) is 0 Å². The number of carbonyl (C=O) groups excluding carboxylic acids is 2. The van der Waals surface area contributed by atoms with E-state index in [9.17, 15) is 18.0 Å². The molecule has 2 amide bonds. The maximum Gasteiger partial charge on any atom is 0.255 e. The number of benzene rings is 1. The molecule has 9 nitrogen and oxygen atoms in total. The van der Waals surface area contributed by atoms with E-state index in [0.29, 0.717) is 42.5 Å². The van der Waals surface area contributed by atoms with Crippen LogP contribution in [0, 0.1) is 6.92 Å². The Bertz CT molecular complexity index is 1440. The number of carbonyl (C=O) groups is 2. The minimum absolute atomic E-state index is 0.0604. The lowest BCUT2D eigenvalue weighted by Crippen LogP contribution is -2.26. The Hall–Kier alpha value is -3.40. The number of nitrogens with one attached hydrogen (secondary N) is 2. The molecule has 3 aromatic rings. The number of rotatable bonds is 10. The van der Waals surface area contributed by atoms with Crippen molar-refractivity contribution in [3.8, 4) is 11.3 Å². The van der Waals surface area contributed by atoms with Gasteiger partial charge in [-0.1, -0.05) is 29.8 Å². The van der Waals surface area contributed by atoms with Crippen LogP contribution in [0.1, 0.15) is 65.9 Å². The van der Waals surface area contributed by atoms with Gasteiger partial charge in [0.2, 0.25) is 21.6 Å². The number of furan rings is 1. The highest BCUT2D eigenvalue weighted by molar-refractivity contribution is 7.92. The van der Waals surface area contributed by atoms with E-state index < -0.39 is 10.0 Å². The smallest absolute Gasteiger partial charge is 0.255 e. The van der Waals surface area contributed by atoms with Crippen molar-refractivity contribution in [1.82, 2.24) is 15.2 Å². The predicted octanol–water partition coefficient (Wildman–Crippen LogP) is 4.18. The Morgan fingerprint density at radius 3 is 2.59 bits per heavy atom. The van der Waals surface area contributed by atoms with Crippen molar-refractivity contribution < 1.29 is 22.4 Å². The zero-order chi connectivity index (χ0) is 26.2. The van der Waals surface area contributed by atoms with Crippen molar-refractivity contribution in [2.24, 2.45) is 0 Å². The SMILES string of the molecule is CNC(=O)c1c(-c2ccc(C)cc2)oc2nc(NS(=O)(=O)CCCCN3CCCC3=O)c(C3CC3)cc12. The number of hydrogen-bond acceptors (Lipinski definition) is 6. The average molecular weight is 525 g/mol. The number of aryl methyl sites for hydroxylation is 1. The van der Waals surface area contributed by atoms with Crippen LogP contribution in [0.4, 0.5) is 5.82 Å². The van der Waals surface area contributed by atoms with Gasteiger partial charge in [0.1, 0.15) is 11.6 Å². The molecule has 1 saturated carbocycles. The number of nitrogens with zero attached hydrogens (tertiary/aromatic N) is 2. The Labute approximate surface area is 216 Å². The van der Waals surface area contributed by atoms with Crippen LogP contribution in [0.15, 0.2) is 34.7 Å². The molecule has 2 fully saturated rings. The van der Waals surface area contributed by atoms with E-state index >= 15 is 0 Å². The van der Waals surface area contributed by atoms with Gasteiger partial charge in [-0.3, -0.25) is 14.3 Å². The molecule has 0 radical (unpaired) electrons. The predicted molar refractivity (Wildman–Crippen MR) is 142 cm³/mol. The number of amides is 2. The fraction of sp³-hybridized carbons (Fsp3) is 0.444. The maximum atomic E-state index is 12.9. The lowest BCUT2D eigenvalue weighted by atomic mass is 10.0. The molecular formula is C27H32N4O5S. The van der Waals surface area contributed by atoms with Crippen molar-refractivity contribution in [2.45, 2.75) is 51.4 Å². The number of fused-ring (bicyclic) bond motifs is 1. The molecule has 1 aliphatic heterocycles. The van der Waals surface area contributed by atoms with Crippen molar-refractivity contribution in [3.05, 3.63) is 47.0 Å². The number of unbranched alkanes of at least 4 members (excludes halogenated alkanes) is 1. The van der Waals surface area contributed by atoms with Crippen LogP contribution in [0.5, 0.6) is 0 Å². The molecule has 0 spiro atoms. The van der Waals surface area contributed by atoms with Crippen molar-refractivity contribution in [1.29, 1.82) is 0 Å². The van der Waals surface area contributed by atoms with Crippen molar-refractivity contribution >= 4 is 38.8 Å². The molecule has 2 aromatic heterocycles. The standard InChI is InChI=1S/C27H32N4O5S/c1-17-7-9-19(10-8-17)24-23(26(33)28-2)21-16-20(18-11-12-18)25(29-27(21)36-24)30-37(34,35)15-4-3-13-31-14-5-6-22(31)32/h7-10,16,18H,3-6,11-15H2,1-2H3,(H,28,33)(H,29,30). The molecule has 2 N–H and O–H groups in total. The molecule has 1 aromatic carbocycles. The van der Waals surface area contributed by atoms with Gasteiger partial charge in [0.05, 0.1) is 16.7 Å². The first kappa shape index (κ1) is 25.3. The Kier molecular flexibility index (Phi) is 6.94. The van der Waals surface area contributed by atoms with E-state index in [1.165, 1.54) is 0 Å². The third-order valence-corrected chi connectivity index (χ3v) is 8.34. The summed E-state index contributed by atoms with van der Waals surface area (Å²) >= 11 is 0. The van der Waals surface area contributed by atoms with E-state index in [2.05, 4.69) is 15.0 Å². The third-order valence-electron chi connectivity index (χ3n) is 7.01. The van der Waals surface area contributed by atoms with Crippen LogP contribution in [0.25, 0.3) is 22.4 Å². The molecule has 2 aliphatic rings. The van der Waals surface area contributed by atoms with Crippen molar-refractivity contribution in [2.75, 3.05) is 30.6 Å². The van der Waals surface area contributed by atoms with Gasteiger partial charge in [0.25, 0.3) is 5.91 Å². The first-order valence-corrected chi connectivity index (χ1v) is 14.5. The summed E-state index contributed by atoms with van der Waals surface area (Å²) in [6.45, 7) is 3.32. The minimum atomic E-state index is -3.66. The maximum absolute atomic E-state index is 12.9. The van der Waals surface area contributed by atoms with E-state index in [1.807, 2.05) is 37.3 Å². The normalized spacial score (nSPS) is 15.9. The second-order valence-corrected chi connectivity index (χ2v) is 11.8. The molecule has 196 valence electrons. The van der Waals surface area contributed by atoms with Crippen LogP contribution >= 0.6 is 0 Å². The van der Waals surface area contributed by atoms with Gasteiger partial charge < -0.3 is 14.6 Å². The van der Waals surface area contributed by atoms with E-state index in [-0.39, 0.29) is 35.0 Å². The summed E-state index contributed by atoms with van der Waals surface area (Å²) in [7, 11) is -2.09. The van der Waals surface area contributed by atoms with Crippen LogP contribution in [-0.4, -0.2) is 56.0 Å². The van der Waals surface area contributed by atoms with Gasteiger partial charge in [-0.05, 0) is 56.6 Å². The third kappa shape index (κ3) is 5.49. The molecule has 3 heterocycles. The van der Waals surface area contributed by atoms with Crippen LogP contribution < -0.4 is 10.0 Å². The first-order chi connectivity index (χ1) is 17.8. The second kappa shape index (κ2) is 10.2. The molecule has 5 rings (SSSR count). The summed E-state index contributed by atoms with van der Waals surface area (Å²) in [5, 5.41) is 3.25. The first-order valence-electron chi connectivity index (χ1n) is 12.8. The summed E-state index contributed by atoms with van der Waals surface area (Å²) in [5.74, 6) is 0.646. The van der Waals surface area contributed by atoms with E-state index in [0.717, 1.165) is 42.5 Å². The van der Waals surface area contributed by atoms with Gasteiger partial charge in [0.15, 0.2) is 0 Å². The minimum Gasteiger partial charge on any atom is -0.437 e. The molecule has 0 atom stereocenters. The molecule has 37 heavy (non-hydrogen) atoms. The number of hydrogen-bond donors (Lipinski definition) is 2. The molecule has 10 heteroatoms. The van der Waals surface area contributed by atoms with E-state index in [4.69, 9.17) is 4.42 Å². The Balaban J connectivity index is 1.42. The highest BCUT2D eigenvalue weighted by atomic mass is 32.2. The fourth-order valence-corrected chi connectivity index (χ4v) is 5.96. The molecule has 1 aliphatic carbocycles. The summed E-state index contributed by atoms with van der Waals surface area (Å²) < 4.78 is 34.6. The second-order valence-electron chi connectivity index (χ2n) is 9.92. The largest absolute Gasteiger partial charge is 0.437 e. The number of anilines is 1. The highest BCUT2D eigenvalue weighted by Crippen LogP contribution is 2.45. The number of likely N-dealkylation sites (tertiary alicyclic amines) is 1. The fourth-order valence-electron chi connectivity index (χ4n) is 4.82. The number of aromatic nitrogens is 1. The van der Waals surface area contributed by atoms with Crippen LogP contribution in [-0.2, 0) is 14.8 Å². The van der Waals surface area contributed by atoms with Gasteiger partial charge in [-0.15, -0.1) is 0 Å². The molecular weight excluding hydrogens is 492 g/mol. The molecule has 1 saturated heterocycles. The number of pyridine rings is 1. The van der Waals surface area contributed by atoms with Gasteiger partial charge >= 0.3 is 0 Å². The molecule has 0 unspecified atom stereocenters. The molecule has 0 bridgehead atoms. The average Bonchev–Trinajstić information content (AvgIpc) is 3.53. The van der Waals surface area contributed by atoms with Gasteiger partial charge in [0, 0.05) is 32.1 Å². The quantitative estimate of drug-likeness (QED) is 0.384. The Morgan fingerprint density at radius 2 is 1.95 bits per heavy atom. The highest BCUT2D eigenvalue weighted by Gasteiger charge is 2.32. The summed E-state index contributed by atoms with van der Waals surface area (Å²) in [6, 6.07) is 9.51. The van der Waals surface area contributed by atoms with E-state index in [1.54, 1.807) is 11.9 Å². The topological polar surface area (TPSA) is 122 Å². The van der Waals surface area contributed by atoms with Crippen molar-refractivity contribution in [3.63, 3.8) is 0 Å². The summed E-state index contributed by atoms with van der Waals surface area (Å²) in [5.41, 5.74) is 3.21. The summed E-state index contributed by atoms with van der Waals surface area (Å²) in [6.07, 6.45) is 4.39. The van der Waals surface area contributed by atoms with Gasteiger partial charge in [-0.2, -0.15) is 4.98 Å². The summed E-state index contributed by atoms with van der Waals surface area (Å²) in [4.78, 5) is 31.0. The lowest BCUT2D eigenvalue weighted by molar-refractivity contribution is -0.127. The zero-order valence-electron chi connectivity index (χ0n) is 21.2. The lowest BCUT2D eigenvalue weighted by Gasteiger charge is -2.15.